The summed E-state index contributed by atoms with van der Waals surface area (Å²) in [6, 6.07) is 58.1. The Bertz CT molecular complexity index is 2400. The molecule has 0 radical (unpaired) electrons. The predicted molar refractivity (Wildman–Crippen MR) is 211 cm³/mol. The van der Waals surface area contributed by atoms with Crippen molar-refractivity contribution in [3.8, 4) is 22.3 Å². The molecule has 7 aromatic carbocycles. The first-order valence-electron chi connectivity index (χ1n) is 17.7. The lowest BCUT2D eigenvalue weighted by atomic mass is 9.72. The first-order chi connectivity index (χ1) is 24.4. The zero-order valence-corrected chi connectivity index (χ0v) is 29.1. The summed E-state index contributed by atoms with van der Waals surface area (Å²) >= 11 is 0. The van der Waals surface area contributed by atoms with E-state index in [1.54, 1.807) is 0 Å². The topological polar surface area (TPSA) is 6.48 Å². The molecule has 0 saturated carbocycles. The number of anilines is 6. The molecule has 0 spiro atoms. The average molecular weight is 645 g/mol. The van der Waals surface area contributed by atoms with E-state index in [2.05, 4.69) is 195 Å². The molecule has 9 rings (SSSR count). The van der Waals surface area contributed by atoms with Gasteiger partial charge in [-0.15, -0.1) is 0 Å². The van der Waals surface area contributed by atoms with Gasteiger partial charge in [0.1, 0.15) is 0 Å². The minimum atomic E-state index is -0.140. The summed E-state index contributed by atoms with van der Waals surface area (Å²) in [5.41, 5.74) is 20.3. The van der Waals surface area contributed by atoms with Crippen molar-refractivity contribution in [3.05, 3.63) is 191 Å². The van der Waals surface area contributed by atoms with Crippen LogP contribution in [0.15, 0.2) is 158 Å². The van der Waals surface area contributed by atoms with Crippen molar-refractivity contribution in [1.29, 1.82) is 0 Å². The smallest absolute Gasteiger partial charge is 0.0505 e. The molecule has 2 heteroatoms. The maximum atomic E-state index is 2.48. The van der Waals surface area contributed by atoms with Crippen LogP contribution in [0.3, 0.4) is 0 Å². The minimum Gasteiger partial charge on any atom is -0.310 e. The van der Waals surface area contributed by atoms with Gasteiger partial charge in [0.15, 0.2) is 0 Å². The Hall–Kier alpha value is -5.86. The van der Waals surface area contributed by atoms with Gasteiger partial charge in [-0.2, -0.15) is 0 Å². The van der Waals surface area contributed by atoms with Crippen LogP contribution in [0.4, 0.5) is 34.1 Å². The standard InChI is InChI=1S/C48H40N2/c1-32-14-8-10-18-40(32)42-30-39(23-22-33(42)2)49(36-16-6-5-7-17-36)37-24-26-38(27-25-37)50-46-21-13-12-20-44(46)48(3,4)45-31-43-35(29-47(45)50)28-34-15-9-11-19-41(34)43/h5-27,29-31H,28H2,1-4H3. The van der Waals surface area contributed by atoms with Crippen LogP contribution in [0.5, 0.6) is 0 Å². The number of nitrogens with zero attached hydrogens (tertiary/aromatic N) is 2. The molecule has 1 aliphatic heterocycles. The van der Waals surface area contributed by atoms with E-state index in [0.717, 1.165) is 29.2 Å². The quantitative estimate of drug-likeness (QED) is 0.184. The van der Waals surface area contributed by atoms with Crippen LogP contribution < -0.4 is 9.80 Å². The molecule has 1 heterocycles. The molecule has 2 aliphatic rings. The molecule has 2 nitrogen and oxygen atoms in total. The number of rotatable bonds is 5. The first kappa shape index (κ1) is 30.2. The predicted octanol–water partition coefficient (Wildman–Crippen LogP) is 13.1. The van der Waals surface area contributed by atoms with Crippen molar-refractivity contribution in [1.82, 2.24) is 0 Å². The molecule has 0 aromatic heterocycles. The zero-order valence-electron chi connectivity index (χ0n) is 29.1. The van der Waals surface area contributed by atoms with Gasteiger partial charge in [-0.1, -0.05) is 105 Å². The Morgan fingerprint density at radius 2 is 1.10 bits per heavy atom. The van der Waals surface area contributed by atoms with Crippen LogP contribution in [0.1, 0.15) is 47.2 Å². The van der Waals surface area contributed by atoms with Gasteiger partial charge in [0.25, 0.3) is 0 Å². The van der Waals surface area contributed by atoms with E-state index >= 15 is 0 Å². The lowest BCUT2D eigenvalue weighted by molar-refractivity contribution is 0.632. The maximum absolute atomic E-state index is 2.48. The van der Waals surface area contributed by atoms with E-state index in [4.69, 9.17) is 0 Å². The van der Waals surface area contributed by atoms with Crippen LogP contribution in [0, 0.1) is 13.8 Å². The molecule has 50 heavy (non-hydrogen) atoms. The van der Waals surface area contributed by atoms with Crippen LogP contribution in [0.2, 0.25) is 0 Å². The highest BCUT2D eigenvalue weighted by Crippen LogP contribution is 2.54. The Kier molecular flexibility index (Phi) is 7.03. The van der Waals surface area contributed by atoms with Crippen molar-refractivity contribution in [2.24, 2.45) is 0 Å². The Balaban J connectivity index is 1.17. The fourth-order valence-corrected chi connectivity index (χ4v) is 8.30. The second kappa shape index (κ2) is 11.6. The molecule has 0 unspecified atom stereocenters. The Morgan fingerprint density at radius 3 is 1.90 bits per heavy atom. The van der Waals surface area contributed by atoms with E-state index in [1.165, 1.54) is 67.0 Å². The largest absolute Gasteiger partial charge is 0.310 e. The third kappa shape index (κ3) is 4.78. The fourth-order valence-electron chi connectivity index (χ4n) is 8.30. The molecule has 0 fully saturated rings. The highest BCUT2D eigenvalue weighted by atomic mass is 15.2. The molecule has 0 saturated heterocycles. The minimum absolute atomic E-state index is 0.140. The summed E-state index contributed by atoms with van der Waals surface area (Å²) in [6.07, 6.45) is 0.973. The van der Waals surface area contributed by atoms with Gasteiger partial charge in [0.2, 0.25) is 0 Å². The lowest BCUT2D eigenvalue weighted by Crippen LogP contribution is -2.30. The van der Waals surface area contributed by atoms with Crippen molar-refractivity contribution in [2.75, 3.05) is 9.80 Å². The fraction of sp³-hybridized carbons (Fsp3) is 0.125. The van der Waals surface area contributed by atoms with E-state index in [-0.39, 0.29) is 5.41 Å². The molecule has 7 aromatic rings. The summed E-state index contributed by atoms with van der Waals surface area (Å²) in [5, 5.41) is 0. The average Bonchev–Trinajstić information content (AvgIpc) is 3.51. The molecular weight excluding hydrogens is 605 g/mol. The number of aryl methyl sites for hydroxylation is 2. The normalized spacial score (nSPS) is 13.6. The second-order valence-corrected chi connectivity index (χ2v) is 14.3. The third-order valence-electron chi connectivity index (χ3n) is 10.9. The van der Waals surface area contributed by atoms with Gasteiger partial charge >= 0.3 is 0 Å². The highest BCUT2D eigenvalue weighted by Gasteiger charge is 2.38. The molecule has 1 aliphatic carbocycles. The van der Waals surface area contributed by atoms with E-state index in [9.17, 15) is 0 Å². The molecule has 0 amide bonds. The van der Waals surface area contributed by atoms with Crippen molar-refractivity contribution >= 4 is 34.1 Å². The molecule has 0 atom stereocenters. The summed E-state index contributed by atoms with van der Waals surface area (Å²) < 4.78 is 0. The van der Waals surface area contributed by atoms with Crippen molar-refractivity contribution < 1.29 is 0 Å². The second-order valence-electron chi connectivity index (χ2n) is 14.3. The maximum Gasteiger partial charge on any atom is 0.0505 e. The van der Waals surface area contributed by atoms with Gasteiger partial charge in [-0.05, 0) is 143 Å². The first-order valence-corrected chi connectivity index (χ1v) is 17.7. The molecule has 242 valence electrons. The van der Waals surface area contributed by atoms with Crippen LogP contribution >= 0.6 is 0 Å². The summed E-state index contributed by atoms with van der Waals surface area (Å²) in [5.74, 6) is 0. The van der Waals surface area contributed by atoms with Crippen LogP contribution in [0.25, 0.3) is 22.3 Å². The number of fused-ring (bicyclic) bond motifs is 5. The van der Waals surface area contributed by atoms with Crippen LogP contribution in [-0.2, 0) is 11.8 Å². The third-order valence-corrected chi connectivity index (χ3v) is 10.9. The van der Waals surface area contributed by atoms with E-state index in [1.807, 2.05) is 0 Å². The molecule has 0 N–H and O–H groups in total. The molecular formula is C48H40N2. The van der Waals surface area contributed by atoms with E-state index in [0.29, 0.717) is 0 Å². The van der Waals surface area contributed by atoms with Crippen molar-refractivity contribution in [3.63, 3.8) is 0 Å². The Morgan fingerprint density at radius 1 is 0.460 bits per heavy atom. The zero-order chi connectivity index (χ0) is 34.0. The summed E-state index contributed by atoms with van der Waals surface area (Å²) in [7, 11) is 0. The summed E-state index contributed by atoms with van der Waals surface area (Å²) in [6.45, 7) is 9.16. The van der Waals surface area contributed by atoms with Gasteiger partial charge in [0.05, 0.1) is 11.4 Å². The summed E-state index contributed by atoms with van der Waals surface area (Å²) in [4.78, 5) is 4.86. The lowest BCUT2D eigenvalue weighted by Gasteiger charge is -2.42. The van der Waals surface area contributed by atoms with Crippen molar-refractivity contribution in [2.45, 2.75) is 39.5 Å². The van der Waals surface area contributed by atoms with Gasteiger partial charge in [0, 0.05) is 28.2 Å². The monoisotopic (exact) mass is 644 g/mol. The SMILES string of the molecule is Cc1ccccc1-c1cc(N(c2ccccc2)c2ccc(N3c4ccccc4C(C)(C)c4cc5c(cc43)Cc3ccccc3-5)cc2)ccc1C. The number of para-hydroxylation sites is 2. The van der Waals surface area contributed by atoms with E-state index < -0.39 is 0 Å². The van der Waals surface area contributed by atoms with Gasteiger partial charge in [-0.25, -0.2) is 0 Å². The van der Waals surface area contributed by atoms with Gasteiger partial charge < -0.3 is 9.80 Å². The number of benzene rings is 7. The van der Waals surface area contributed by atoms with Gasteiger partial charge in [-0.3, -0.25) is 0 Å². The molecule has 0 bridgehead atoms. The number of hydrogen-bond donors (Lipinski definition) is 0. The van der Waals surface area contributed by atoms with Crippen LogP contribution in [-0.4, -0.2) is 0 Å². The highest BCUT2D eigenvalue weighted by molar-refractivity contribution is 5.91. The Labute approximate surface area is 295 Å². The number of hydrogen-bond acceptors (Lipinski definition) is 2.